The average Bonchev–Trinajstić information content (AvgIpc) is 3.21. The van der Waals surface area contributed by atoms with Gasteiger partial charge in [0.25, 0.3) is 5.91 Å². The Morgan fingerprint density at radius 3 is 2.38 bits per heavy atom. The van der Waals surface area contributed by atoms with Crippen LogP contribution in [0.25, 0.3) is 0 Å². The summed E-state index contributed by atoms with van der Waals surface area (Å²) in [5, 5.41) is 9.93. The number of nitrogens with zero attached hydrogens (tertiary/aromatic N) is 2. The average molecular weight is 437 g/mol. The molecule has 2 heterocycles. The Bertz CT molecular complexity index is 921. The molecule has 6 heteroatoms. The maximum atomic E-state index is 13.0. The van der Waals surface area contributed by atoms with E-state index in [0.29, 0.717) is 31.6 Å². The van der Waals surface area contributed by atoms with Crippen molar-refractivity contribution in [1.82, 2.24) is 9.80 Å². The largest absolute Gasteiger partial charge is 0.497 e. The fourth-order valence-corrected chi connectivity index (χ4v) is 5.11. The predicted molar refractivity (Wildman–Crippen MR) is 123 cm³/mol. The molecule has 1 unspecified atom stereocenters. The van der Waals surface area contributed by atoms with E-state index in [0.717, 1.165) is 37.0 Å². The monoisotopic (exact) mass is 436 g/mol. The highest BCUT2D eigenvalue weighted by molar-refractivity contribution is 5.94. The number of carbonyl (C=O) groups excluding carboxylic acids is 2. The van der Waals surface area contributed by atoms with E-state index in [9.17, 15) is 14.7 Å². The van der Waals surface area contributed by atoms with Crippen molar-refractivity contribution < 1.29 is 19.4 Å². The van der Waals surface area contributed by atoms with Crippen LogP contribution in [0.15, 0.2) is 54.6 Å². The number of likely N-dealkylation sites (tertiary alicyclic amines) is 2. The minimum atomic E-state index is -0.153. The second-order valence-electron chi connectivity index (χ2n) is 9.07. The quantitative estimate of drug-likeness (QED) is 0.755. The fourth-order valence-electron chi connectivity index (χ4n) is 5.11. The van der Waals surface area contributed by atoms with Crippen LogP contribution in [0.5, 0.6) is 5.75 Å². The number of ether oxygens (including phenoxy) is 1. The topological polar surface area (TPSA) is 70.1 Å². The first-order chi connectivity index (χ1) is 15.5. The van der Waals surface area contributed by atoms with Crippen LogP contribution in [-0.2, 0) is 11.2 Å². The number of amides is 2. The highest BCUT2D eigenvalue weighted by Gasteiger charge is 2.47. The lowest BCUT2D eigenvalue weighted by Gasteiger charge is -2.39. The molecule has 2 aliphatic rings. The second kappa shape index (κ2) is 9.74. The van der Waals surface area contributed by atoms with E-state index in [2.05, 4.69) is 0 Å². The van der Waals surface area contributed by atoms with E-state index < -0.39 is 0 Å². The van der Waals surface area contributed by atoms with Crippen molar-refractivity contribution in [2.45, 2.75) is 38.1 Å². The first-order valence-electron chi connectivity index (χ1n) is 11.4. The van der Waals surface area contributed by atoms with E-state index in [-0.39, 0.29) is 29.9 Å². The van der Waals surface area contributed by atoms with Crippen LogP contribution in [0.4, 0.5) is 0 Å². The lowest BCUT2D eigenvalue weighted by Crippen LogP contribution is -2.44. The molecule has 0 saturated carbocycles. The molecule has 1 N–H and O–H groups in total. The van der Waals surface area contributed by atoms with Crippen molar-refractivity contribution in [1.29, 1.82) is 0 Å². The van der Waals surface area contributed by atoms with Gasteiger partial charge in [0.1, 0.15) is 5.75 Å². The molecule has 0 aliphatic carbocycles. The Morgan fingerprint density at radius 1 is 1.06 bits per heavy atom. The first kappa shape index (κ1) is 22.3. The molecule has 0 bridgehead atoms. The molecule has 0 radical (unpaired) electrons. The number of benzene rings is 2. The summed E-state index contributed by atoms with van der Waals surface area (Å²) in [6, 6.07) is 17.0. The Hall–Kier alpha value is -2.86. The number of hydrogen-bond donors (Lipinski definition) is 1. The molecule has 2 amide bonds. The Labute approximate surface area is 189 Å². The molecule has 170 valence electrons. The number of hydrogen-bond acceptors (Lipinski definition) is 4. The van der Waals surface area contributed by atoms with E-state index >= 15 is 0 Å². The van der Waals surface area contributed by atoms with Crippen molar-refractivity contribution in [2.24, 2.45) is 5.41 Å². The maximum Gasteiger partial charge on any atom is 0.254 e. The third kappa shape index (κ3) is 4.80. The molecule has 2 aliphatic heterocycles. The normalized spacial score (nSPS) is 19.9. The molecule has 2 aromatic carbocycles. The highest BCUT2D eigenvalue weighted by atomic mass is 16.5. The Morgan fingerprint density at radius 2 is 1.75 bits per heavy atom. The van der Waals surface area contributed by atoms with Gasteiger partial charge >= 0.3 is 0 Å². The van der Waals surface area contributed by atoms with Crippen LogP contribution in [0.2, 0.25) is 0 Å². The predicted octanol–water partition coefficient (Wildman–Crippen LogP) is 3.14. The van der Waals surface area contributed by atoms with Crippen molar-refractivity contribution in [3.63, 3.8) is 0 Å². The van der Waals surface area contributed by atoms with Crippen LogP contribution >= 0.6 is 0 Å². The molecule has 32 heavy (non-hydrogen) atoms. The van der Waals surface area contributed by atoms with Gasteiger partial charge in [0.05, 0.1) is 19.8 Å². The summed E-state index contributed by atoms with van der Waals surface area (Å²) in [6.45, 7) is 2.06. The van der Waals surface area contributed by atoms with Gasteiger partial charge in [-0.15, -0.1) is 0 Å². The number of rotatable bonds is 6. The lowest BCUT2D eigenvalue weighted by molar-refractivity contribution is -0.133. The molecular formula is C26H32N2O4. The summed E-state index contributed by atoms with van der Waals surface area (Å²) in [7, 11) is 1.64. The summed E-state index contributed by atoms with van der Waals surface area (Å²) < 4.78 is 5.18. The lowest BCUT2D eigenvalue weighted by atomic mass is 9.76. The Balaban J connectivity index is 1.32. The zero-order valence-electron chi connectivity index (χ0n) is 18.7. The van der Waals surface area contributed by atoms with E-state index in [4.69, 9.17) is 4.74 Å². The van der Waals surface area contributed by atoms with Gasteiger partial charge in [0.2, 0.25) is 5.91 Å². The van der Waals surface area contributed by atoms with Gasteiger partial charge in [-0.3, -0.25) is 9.59 Å². The summed E-state index contributed by atoms with van der Waals surface area (Å²) >= 11 is 0. The van der Waals surface area contributed by atoms with Crippen LogP contribution in [-0.4, -0.2) is 66.1 Å². The number of carbonyl (C=O) groups is 2. The molecule has 2 saturated heterocycles. The fraction of sp³-hybridized carbons (Fsp3) is 0.462. The first-order valence-corrected chi connectivity index (χ1v) is 11.4. The third-order valence-electron chi connectivity index (χ3n) is 7.07. The Kier molecular flexibility index (Phi) is 6.80. The van der Waals surface area contributed by atoms with Gasteiger partial charge in [0.15, 0.2) is 0 Å². The van der Waals surface area contributed by atoms with Gasteiger partial charge < -0.3 is 19.6 Å². The van der Waals surface area contributed by atoms with E-state index in [1.807, 2.05) is 64.4 Å². The molecule has 2 fully saturated rings. The van der Waals surface area contributed by atoms with E-state index in [1.54, 1.807) is 7.11 Å². The van der Waals surface area contributed by atoms with Crippen LogP contribution in [0, 0.1) is 5.41 Å². The number of aliphatic hydroxyl groups is 1. The van der Waals surface area contributed by atoms with Gasteiger partial charge in [-0.2, -0.15) is 0 Å². The molecule has 2 aromatic rings. The standard InChI is InChI=1S/C26H32N2O4/c1-32-23-10-7-20(8-11-23)9-12-24(30)27-15-13-26(14-16-27)17-22(18-29)28(19-26)25(31)21-5-3-2-4-6-21/h2-8,10-11,22,29H,9,12-19H2,1H3. The van der Waals surface area contributed by atoms with E-state index in [1.165, 1.54) is 0 Å². The van der Waals surface area contributed by atoms with Gasteiger partial charge in [0, 0.05) is 31.6 Å². The maximum absolute atomic E-state index is 13.0. The zero-order chi connectivity index (χ0) is 22.6. The summed E-state index contributed by atoms with van der Waals surface area (Å²) in [6.07, 6.45) is 3.76. The zero-order valence-corrected chi connectivity index (χ0v) is 18.7. The molecule has 6 nitrogen and oxygen atoms in total. The van der Waals surface area contributed by atoms with Crippen molar-refractivity contribution in [3.05, 3.63) is 65.7 Å². The number of aryl methyl sites for hydroxylation is 1. The third-order valence-corrected chi connectivity index (χ3v) is 7.07. The molecule has 1 spiro atoms. The molecule has 0 aromatic heterocycles. The van der Waals surface area contributed by atoms with Crippen molar-refractivity contribution >= 4 is 11.8 Å². The van der Waals surface area contributed by atoms with Gasteiger partial charge in [-0.05, 0) is 60.9 Å². The van der Waals surface area contributed by atoms with Crippen LogP contribution in [0.1, 0.15) is 41.6 Å². The summed E-state index contributed by atoms with van der Waals surface area (Å²) in [5.41, 5.74) is 1.78. The summed E-state index contributed by atoms with van der Waals surface area (Å²) in [5.74, 6) is 0.989. The number of methoxy groups -OCH3 is 1. The molecule has 1 atom stereocenters. The second-order valence-corrected chi connectivity index (χ2v) is 9.07. The smallest absolute Gasteiger partial charge is 0.254 e. The number of piperidine rings is 1. The SMILES string of the molecule is COc1ccc(CCC(=O)N2CCC3(CC2)CC(CO)N(C(=O)c2ccccc2)C3)cc1. The minimum absolute atomic E-state index is 0.00932. The van der Waals surface area contributed by atoms with Gasteiger partial charge in [-0.1, -0.05) is 30.3 Å². The van der Waals surface area contributed by atoms with Crippen LogP contribution in [0.3, 0.4) is 0 Å². The van der Waals surface area contributed by atoms with Gasteiger partial charge in [-0.25, -0.2) is 0 Å². The molecule has 4 rings (SSSR count). The van der Waals surface area contributed by atoms with Crippen LogP contribution < -0.4 is 4.74 Å². The van der Waals surface area contributed by atoms with Crippen molar-refractivity contribution in [3.8, 4) is 5.75 Å². The minimum Gasteiger partial charge on any atom is -0.497 e. The number of aliphatic hydroxyl groups excluding tert-OH is 1. The summed E-state index contributed by atoms with van der Waals surface area (Å²) in [4.78, 5) is 29.6. The highest BCUT2D eigenvalue weighted by Crippen LogP contribution is 2.43. The van der Waals surface area contributed by atoms with Crippen molar-refractivity contribution in [2.75, 3.05) is 33.4 Å². The molecular weight excluding hydrogens is 404 g/mol.